The molecule has 3 N–H and O–H groups in total. The van der Waals surface area contributed by atoms with Crippen LogP contribution in [0.4, 0.5) is 11.4 Å². The summed E-state index contributed by atoms with van der Waals surface area (Å²) in [5.74, 6) is -0.0378. The molecule has 1 fully saturated rings. The number of anilines is 2. The summed E-state index contributed by atoms with van der Waals surface area (Å²) in [7, 11) is 0. The number of para-hydroxylation sites is 2. The number of nitrogen functional groups attached to an aromatic ring is 1. The van der Waals surface area contributed by atoms with E-state index in [-0.39, 0.29) is 24.2 Å². The number of carbonyl (C=O) groups excluding carboxylic acids is 1. The molecule has 3 atom stereocenters. The maximum atomic E-state index is 12.3. The Labute approximate surface area is 120 Å². The van der Waals surface area contributed by atoms with Crippen LogP contribution >= 0.6 is 0 Å². The quantitative estimate of drug-likeness (QED) is 0.825. The number of benzene rings is 1. The third-order valence-electron chi connectivity index (χ3n) is 3.59. The van der Waals surface area contributed by atoms with E-state index >= 15 is 0 Å². The van der Waals surface area contributed by atoms with Crippen molar-refractivity contribution in [2.75, 3.05) is 24.1 Å². The molecule has 0 radical (unpaired) electrons. The van der Waals surface area contributed by atoms with Crippen molar-refractivity contribution in [1.82, 2.24) is 4.90 Å². The minimum atomic E-state index is -0.205. The summed E-state index contributed by atoms with van der Waals surface area (Å²) in [6.45, 7) is 7.51. The zero-order valence-corrected chi connectivity index (χ0v) is 12.3. The Morgan fingerprint density at radius 2 is 1.95 bits per heavy atom. The van der Waals surface area contributed by atoms with Crippen LogP contribution < -0.4 is 11.1 Å². The Hall–Kier alpha value is -1.59. The molecule has 0 aliphatic carbocycles. The fourth-order valence-electron chi connectivity index (χ4n) is 2.55. The van der Waals surface area contributed by atoms with Crippen molar-refractivity contribution in [3.05, 3.63) is 24.3 Å². The molecule has 0 spiro atoms. The minimum Gasteiger partial charge on any atom is -0.397 e. The molecule has 1 aliphatic heterocycles. The highest BCUT2D eigenvalue weighted by atomic mass is 16.5. The van der Waals surface area contributed by atoms with Gasteiger partial charge in [0.1, 0.15) is 0 Å². The highest BCUT2D eigenvalue weighted by Gasteiger charge is 2.29. The smallest absolute Gasteiger partial charge is 0.241 e. The van der Waals surface area contributed by atoms with E-state index in [4.69, 9.17) is 10.5 Å². The van der Waals surface area contributed by atoms with Crippen LogP contribution in [0, 0.1) is 0 Å². The summed E-state index contributed by atoms with van der Waals surface area (Å²) >= 11 is 0. The summed E-state index contributed by atoms with van der Waals surface area (Å²) in [5.41, 5.74) is 7.09. The number of hydrogen-bond donors (Lipinski definition) is 2. The van der Waals surface area contributed by atoms with E-state index in [2.05, 4.69) is 10.2 Å². The average molecular weight is 277 g/mol. The molecule has 1 aliphatic rings. The van der Waals surface area contributed by atoms with Crippen LogP contribution in [0.5, 0.6) is 0 Å². The van der Waals surface area contributed by atoms with Gasteiger partial charge in [0.2, 0.25) is 5.91 Å². The van der Waals surface area contributed by atoms with Crippen molar-refractivity contribution >= 4 is 17.3 Å². The van der Waals surface area contributed by atoms with Crippen LogP contribution in [0.3, 0.4) is 0 Å². The van der Waals surface area contributed by atoms with Crippen molar-refractivity contribution in [2.24, 2.45) is 0 Å². The molecular weight excluding hydrogens is 254 g/mol. The number of nitrogens with two attached hydrogens (primary N) is 1. The first-order chi connectivity index (χ1) is 9.47. The number of ether oxygens (including phenoxy) is 1. The zero-order valence-electron chi connectivity index (χ0n) is 12.3. The summed E-state index contributed by atoms with van der Waals surface area (Å²) in [6, 6.07) is 7.09. The number of rotatable bonds is 3. The molecule has 1 aromatic carbocycles. The lowest BCUT2D eigenvalue weighted by atomic mass is 10.1. The van der Waals surface area contributed by atoms with E-state index in [0.717, 1.165) is 13.1 Å². The van der Waals surface area contributed by atoms with E-state index in [1.54, 1.807) is 6.07 Å². The van der Waals surface area contributed by atoms with Gasteiger partial charge in [-0.3, -0.25) is 9.69 Å². The number of carbonyl (C=O) groups is 1. The van der Waals surface area contributed by atoms with Gasteiger partial charge in [-0.25, -0.2) is 0 Å². The van der Waals surface area contributed by atoms with Crippen LogP contribution in [0.2, 0.25) is 0 Å². The summed E-state index contributed by atoms with van der Waals surface area (Å²) < 4.78 is 5.69. The van der Waals surface area contributed by atoms with E-state index in [9.17, 15) is 4.79 Å². The second-order valence-corrected chi connectivity index (χ2v) is 5.46. The molecule has 110 valence electrons. The first kappa shape index (κ1) is 14.8. The normalized spacial score (nSPS) is 25.1. The lowest BCUT2D eigenvalue weighted by Crippen LogP contribution is -2.52. The third-order valence-corrected chi connectivity index (χ3v) is 3.59. The third kappa shape index (κ3) is 3.49. The maximum absolute atomic E-state index is 12.3. The minimum absolute atomic E-state index is 0.0378. The Bertz CT molecular complexity index is 468. The Morgan fingerprint density at radius 3 is 2.55 bits per heavy atom. The predicted molar refractivity (Wildman–Crippen MR) is 80.5 cm³/mol. The van der Waals surface area contributed by atoms with Crippen molar-refractivity contribution in [3.63, 3.8) is 0 Å². The summed E-state index contributed by atoms with van der Waals surface area (Å²) in [6.07, 6.45) is 0.298. The Balaban J connectivity index is 2.00. The van der Waals surface area contributed by atoms with Gasteiger partial charge in [0.15, 0.2) is 0 Å². The Kier molecular flexibility index (Phi) is 4.62. The molecule has 20 heavy (non-hydrogen) atoms. The van der Waals surface area contributed by atoms with Gasteiger partial charge in [0.25, 0.3) is 0 Å². The molecule has 1 aromatic rings. The predicted octanol–water partition coefficient (Wildman–Crippen LogP) is 1.71. The lowest BCUT2D eigenvalue weighted by molar-refractivity contribution is -0.126. The van der Waals surface area contributed by atoms with E-state index < -0.39 is 0 Å². The van der Waals surface area contributed by atoms with Crippen LogP contribution in [-0.2, 0) is 9.53 Å². The van der Waals surface area contributed by atoms with Gasteiger partial charge in [-0.15, -0.1) is 0 Å². The van der Waals surface area contributed by atoms with E-state index in [1.165, 1.54) is 0 Å². The van der Waals surface area contributed by atoms with Crippen molar-refractivity contribution in [1.29, 1.82) is 0 Å². The average Bonchev–Trinajstić information content (AvgIpc) is 2.39. The summed E-state index contributed by atoms with van der Waals surface area (Å²) in [4.78, 5) is 14.5. The number of nitrogens with zero attached hydrogens (tertiary/aromatic N) is 1. The highest BCUT2D eigenvalue weighted by Crippen LogP contribution is 2.19. The molecule has 5 heteroatoms. The second kappa shape index (κ2) is 6.24. The van der Waals surface area contributed by atoms with Gasteiger partial charge < -0.3 is 15.8 Å². The monoisotopic (exact) mass is 277 g/mol. The number of nitrogens with one attached hydrogen (secondary N) is 1. The van der Waals surface area contributed by atoms with Gasteiger partial charge in [-0.2, -0.15) is 0 Å². The van der Waals surface area contributed by atoms with Gasteiger partial charge in [-0.1, -0.05) is 12.1 Å². The first-order valence-electron chi connectivity index (χ1n) is 7.02. The molecule has 5 nitrogen and oxygen atoms in total. The molecule has 0 bridgehead atoms. The van der Waals surface area contributed by atoms with E-state index in [0.29, 0.717) is 11.4 Å². The summed E-state index contributed by atoms with van der Waals surface area (Å²) in [5, 5.41) is 2.89. The largest absolute Gasteiger partial charge is 0.397 e. The SMILES string of the molecule is CC(C(=O)Nc1ccccc1N)N1C[C@@H](C)O[C@@H](C)C1. The molecule has 2 rings (SSSR count). The van der Waals surface area contributed by atoms with Crippen LogP contribution in [-0.4, -0.2) is 42.1 Å². The Morgan fingerprint density at radius 1 is 1.35 bits per heavy atom. The van der Waals surface area contributed by atoms with Crippen molar-refractivity contribution in [3.8, 4) is 0 Å². The van der Waals surface area contributed by atoms with E-state index in [1.807, 2.05) is 39.0 Å². The van der Waals surface area contributed by atoms with Crippen LogP contribution in [0.1, 0.15) is 20.8 Å². The molecule has 1 saturated heterocycles. The second-order valence-electron chi connectivity index (χ2n) is 5.46. The molecule has 0 saturated carbocycles. The lowest BCUT2D eigenvalue weighted by Gasteiger charge is -2.38. The van der Waals surface area contributed by atoms with Gasteiger partial charge in [0, 0.05) is 13.1 Å². The fourth-order valence-corrected chi connectivity index (χ4v) is 2.55. The van der Waals surface area contributed by atoms with Crippen LogP contribution in [0.15, 0.2) is 24.3 Å². The maximum Gasteiger partial charge on any atom is 0.241 e. The highest BCUT2D eigenvalue weighted by molar-refractivity contribution is 5.97. The van der Waals surface area contributed by atoms with Crippen molar-refractivity contribution < 1.29 is 9.53 Å². The zero-order chi connectivity index (χ0) is 14.7. The van der Waals surface area contributed by atoms with Crippen LogP contribution in [0.25, 0.3) is 0 Å². The molecule has 0 aromatic heterocycles. The number of morpholine rings is 1. The number of amides is 1. The fraction of sp³-hybridized carbons (Fsp3) is 0.533. The van der Waals surface area contributed by atoms with Gasteiger partial charge >= 0.3 is 0 Å². The molecule has 1 amide bonds. The van der Waals surface area contributed by atoms with Gasteiger partial charge in [0.05, 0.1) is 29.6 Å². The standard InChI is InChI=1S/C15H23N3O2/c1-10-8-18(9-11(2)20-10)12(3)15(19)17-14-7-5-4-6-13(14)16/h4-7,10-12H,8-9,16H2,1-3H3,(H,17,19)/t10-,11+,12?. The van der Waals surface area contributed by atoms with Gasteiger partial charge in [-0.05, 0) is 32.9 Å². The molecular formula is C15H23N3O2. The van der Waals surface area contributed by atoms with Crippen molar-refractivity contribution in [2.45, 2.75) is 39.0 Å². The number of hydrogen-bond acceptors (Lipinski definition) is 4. The molecule has 1 heterocycles. The topological polar surface area (TPSA) is 67.6 Å². The molecule has 1 unspecified atom stereocenters. The first-order valence-corrected chi connectivity index (χ1v) is 7.02.